The fourth-order valence-corrected chi connectivity index (χ4v) is 6.95. The fraction of sp³-hybridized carbons (Fsp3) is 0.159. The maximum absolute atomic E-state index is 12.9. The molecule has 0 spiro atoms. The Morgan fingerprint density at radius 3 is 1.78 bits per heavy atom. The van der Waals surface area contributed by atoms with Crippen LogP contribution < -0.4 is 44.7 Å². The molecular formula is C44H41N6O13S+. The lowest BCUT2D eigenvalue weighted by molar-refractivity contribution is 0.0697. The molecule has 0 bridgehead atoms. The molecule has 0 radical (unpaired) electrons. The molecule has 0 atom stereocenters. The quantitative estimate of drug-likeness (QED) is 0.0267. The summed E-state index contributed by atoms with van der Waals surface area (Å²) in [5.41, 5.74) is 3.57. The Morgan fingerprint density at radius 2 is 1.22 bits per heavy atom. The molecule has 4 amide bonds. The summed E-state index contributed by atoms with van der Waals surface area (Å²) in [7, 11) is 7.62. The van der Waals surface area contributed by atoms with Gasteiger partial charge in [0.2, 0.25) is 5.36 Å². The van der Waals surface area contributed by atoms with Crippen LogP contribution in [0.25, 0.3) is 33.4 Å². The topological polar surface area (TPSA) is 255 Å². The Balaban J connectivity index is 1.28. The number of amides is 4. The molecule has 4 aromatic rings. The van der Waals surface area contributed by atoms with Crippen molar-refractivity contribution in [2.45, 2.75) is 6.92 Å². The predicted molar refractivity (Wildman–Crippen MR) is 242 cm³/mol. The SMILES string of the molecule is Cc1ccc(N(C(=O)O)C(=O)O)c(OCCOc2cc(NC(=S)Nc3ccc(-c4c5ccc(=[N+](C)C)cc-5oc5cc(N(C)C)ccc45)c(C(=O)O)c3)ccc2N(C(=O)O)C(=O)O)c1. The highest BCUT2D eigenvalue weighted by molar-refractivity contribution is 7.80. The van der Waals surface area contributed by atoms with Crippen LogP contribution >= 0.6 is 12.2 Å². The van der Waals surface area contributed by atoms with Crippen molar-refractivity contribution < 1.29 is 63.4 Å². The Labute approximate surface area is 369 Å². The third-order valence-corrected chi connectivity index (χ3v) is 9.88. The smallest absolute Gasteiger partial charge is 0.421 e. The zero-order valence-electron chi connectivity index (χ0n) is 34.8. The second-order valence-corrected chi connectivity index (χ2v) is 14.8. The number of thiocarbonyl (C=S) groups is 1. The van der Waals surface area contributed by atoms with Crippen molar-refractivity contribution in [2.24, 2.45) is 0 Å². The van der Waals surface area contributed by atoms with Crippen molar-refractivity contribution >= 4 is 87.1 Å². The van der Waals surface area contributed by atoms with E-state index in [9.17, 15) is 49.5 Å². The maximum atomic E-state index is 12.9. The van der Waals surface area contributed by atoms with Gasteiger partial charge in [0, 0.05) is 65.9 Å². The monoisotopic (exact) mass is 893 g/mol. The number of aryl methyl sites for hydroxylation is 1. The molecule has 64 heavy (non-hydrogen) atoms. The summed E-state index contributed by atoms with van der Waals surface area (Å²) in [4.78, 5) is 62.3. The van der Waals surface area contributed by atoms with Gasteiger partial charge in [-0.05, 0) is 84.9 Å². The number of hydrogen-bond donors (Lipinski definition) is 7. The molecule has 2 aliphatic rings. The normalized spacial score (nSPS) is 10.8. The van der Waals surface area contributed by atoms with Crippen LogP contribution in [0, 0.1) is 6.92 Å². The standard InChI is InChI=1S/C44H40N6O13S/c1-23-6-14-32(49(41(53)54)42(55)56)36(18-23)61-16-17-62-37-20-25(8-15-33(37)50(43(57)58)44(59)60)46-40(64)45-24-7-11-28(31(19-24)39(51)52)38-29-12-9-26(47(2)3)21-34(29)63-35-22-27(48(4)5)10-13-30(35)38/h6-15,18-22H,16-17H2,1-5H3,(H6,46,51,52,53,54,55,56,57,58,59,60,64)/p+1. The van der Waals surface area contributed by atoms with Gasteiger partial charge in [0.15, 0.2) is 5.11 Å². The van der Waals surface area contributed by atoms with E-state index in [4.69, 9.17) is 26.1 Å². The molecule has 0 fully saturated rings. The minimum Gasteiger partial charge on any atom is -0.488 e. The van der Waals surface area contributed by atoms with Gasteiger partial charge in [-0.1, -0.05) is 12.1 Å². The zero-order valence-corrected chi connectivity index (χ0v) is 35.6. The van der Waals surface area contributed by atoms with Crippen LogP contribution in [0.3, 0.4) is 0 Å². The lowest BCUT2D eigenvalue weighted by Gasteiger charge is -2.21. The molecule has 1 aliphatic carbocycles. The van der Waals surface area contributed by atoms with Crippen molar-refractivity contribution in [2.75, 3.05) is 66.7 Å². The van der Waals surface area contributed by atoms with E-state index >= 15 is 0 Å². The van der Waals surface area contributed by atoms with E-state index in [0.29, 0.717) is 44.7 Å². The number of imide groups is 2. The molecule has 19 nitrogen and oxygen atoms in total. The van der Waals surface area contributed by atoms with Gasteiger partial charge in [0.1, 0.15) is 61.5 Å². The molecule has 1 aliphatic heterocycles. The number of aromatic carboxylic acids is 1. The number of benzene rings is 5. The Morgan fingerprint density at radius 1 is 0.672 bits per heavy atom. The first kappa shape index (κ1) is 45.1. The molecule has 0 aromatic heterocycles. The number of carbonyl (C=O) groups is 5. The maximum Gasteiger partial charge on any atom is 0.421 e. The molecule has 4 aromatic carbocycles. The lowest BCUT2D eigenvalue weighted by Crippen LogP contribution is -2.35. The van der Waals surface area contributed by atoms with Crippen LogP contribution in [0.2, 0.25) is 0 Å². The highest BCUT2D eigenvalue weighted by Gasteiger charge is 2.28. The number of nitrogens with one attached hydrogen (secondary N) is 2. The van der Waals surface area contributed by atoms with Crippen LogP contribution in [0.1, 0.15) is 15.9 Å². The first-order chi connectivity index (χ1) is 30.3. The van der Waals surface area contributed by atoms with E-state index in [0.717, 1.165) is 17.1 Å². The Hall–Kier alpha value is -8.39. The molecule has 6 rings (SSSR count). The summed E-state index contributed by atoms with van der Waals surface area (Å²) in [6.07, 6.45) is -7.22. The van der Waals surface area contributed by atoms with Crippen LogP contribution in [-0.4, -0.2) is 102 Å². The van der Waals surface area contributed by atoms with Crippen molar-refractivity contribution in [1.82, 2.24) is 4.58 Å². The molecule has 20 heteroatoms. The van der Waals surface area contributed by atoms with E-state index in [-0.39, 0.29) is 56.6 Å². The predicted octanol–water partition coefficient (Wildman–Crippen LogP) is 7.90. The molecule has 330 valence electrons. The molecule has 1 heterocycles. The fourth-order valence-electron chi connectivity index (χ4n) is 6.72. The number of carboxylic acid groups (broad SMARTS) is 5. The average Bonchev–Trinajstić information content (AvgIpc) is 3.22. The first-order valence-corrected chi connectivity index (χ1v) is 19.4. The van der Waals surface area contributed by atoms with Gasteiger partial charge in [-0.2, -0.15) is 9.80 Å². The minimum absolute atomic E-state index is 0.0252. The molecule has 7 N–H and O–H groups in total. The van der Waals surface area contributed by atoms with Crippen LogP contribution in [0.15, 0.2) is 95.4 Å². The van der Waals surface area contributed by atoms with Gasteiger partial charge in [0.25, 0.3) is 0 Å². The van der Waals surface area contributed by atoms with Crippen LogP contribution in [0.4, 0.5) is 47.6 Å². The average molecular weight is 894 g/mol. The molecule has 0 saturated carbocycles. The summed E-state index contributed by atoms with van der Waals surface area (Å²) in [6, 6.07) is 24.0. The molecular weight excluding hydrogens is 853 g/mol. The van der Waals surface area contributed by atoms with E-state index < -0.39 is 36.0 Å². The van der Waals surface area contributed by atoms with Gasteiger partial charge >= 0.3 is 30.3 Å². The first-order valence-electron chi connectivity index (χ1n) is 19.0. The summed E-state index contributed by atoms with van der Waals surface area (Å²) < 4.78 is 19.8. The zero-order chi connectivity index (χ0) is 46.6. The van der Waals surface area contributed by atoms with Crippen molar-refractivity contribution in [1.29, 1.82) is 0 Å². The van der Waals surface area contributed by atoms with Crippen LogP contribution in [-0.2, 0) is 0 Å². The van der Waals surface area contributed by atoms with Crippen molar-refractivity contribution in [3.05, 3.63) is 107 Å². The van der Waals surface area contributed by atoms with E-state index in [1.807, 2.05) is 74.1 Å². The summed E-state index contributed by atoms with van der Waals surface area (Å²) >= 11 is 5.56. The van der Waals surface area contributed by atoms with Crippen molar-refractivity contribution in [3.8, 4) is 33.9 Å². The van der Waals surface area contributed by atoms with Gasteiger partial charge in [-0.15, -0.1) is 0 Å². The Kier molecular flexibility index (Phi) is 13.2. The summed E-state index contributed by atoms with van der Waals surface area (Å²) in [5, 5.41) is 56.3. The second kappa shape index (κ2) is 18.7. The van der Waals surface area contributed by atoms with E-state index in [1.165, 1.54) is 36.4 Å². The number of anilines is 5. The van der Waals surface area contributed by atoms with Crippen LogP contribution in [0.5, 0.6) is 11.5 Å². The lowest BCUT2D eigenvalue weighted by atomic mass is 9.90. The van der Waals surface area contributed by atoms with Gasteiger partial charge < -0.3 is 55.0 Å². The van der Waals surface area contributed by atoms with Gasteiger partial charge in [-0.25, -0.2) is 28.5 Å². The van der Waals surface area contributed by atoms with Gasteiger partial charge in [0.05, 0.1) is 11.6 Å². The van der Waals surface area contributed by atoms with Crippen molar-refractivity contribution in [3.63, 3.8) is 0 Å². The third kappa shape index (κ3) is 9.71. The van der Waals surface area contributed by atoms with E-state index in [1.54, 1.807) is 19.1 Å². The number of ether oxygens (including phenoxy) is 2. The molecule has 0 saturated heterocycles. The third-order valence-electron chi connectivity index (χ3n) is 9.68. The number of nitrogens with zero attached hydrogens (tertiary/aromatic N) is 4. The highest BCUT2D eigenvalue weighted by Crippen LogP contribution is 2.43. The largest absolute Gasteiger partial charge is 0.488 e. The van der Waals surface area contributed by atoms with Gasteiger partial charge in [-0.3, -0.25) is 0 Å². The number of rotatable bonds is 12. The summed E-state index contributed by atoms with van der Waals surface area (Å²) in [6.45, 7) is 0.972. The van der Waals surface area contributed by atoms with E-state index in [2.05, 4.69) is 10.6 Å². The Bertz CT molecular complexity index is 2880. The molecule has 0 unspecified atom stereocenters. The highest BCUT2D eigenvalue weighted by atomic mass is 32.1. The number of hydrogen-bond acceptors (Lipinski definition) is 10. The number of fused-ring (bicyclic) bond motifs is 2. The number of carboxylic acids is 1. The summed E-state index contributed by atoms with van der Waals surface area (Å²) in [5.74, 6) is -1.04. The minimum atomic E-state index is -1.83. The second-order valence-electron chi connectivity index (χ2n) is 14.4.